The Morgan fingerprint density at radius 3 is 2.11 bits per heavy atom. The average Bonchev–Trinajstić information content (AvgIpc) is 2.69. The molecular formula is C23H29NO4. The van der Waals surface area contributed by atoms with Crippen molar-refractivity contribution in [1.82, 2.24) is 4.90 Å². The van der Waals surface area contributed by atoms with Crippen LogP contribution in [-0.4, -0.2) is 36.7 Å². The Balaban J connectivity index is 2.63. The van der Waals surface area contributed by atoms with Gasteiger partial charge in [0.15, 0.2) is 0 Å². The molecule has 0 spiro atoms. The van der Waals surface area contributed by atoms with E-state index >= 15 is 0 Å². The van der Waals surface area contributed by atoms with E-state index in [1.807, 2.05) is 56.3 Å². The van der Waals surface area contributed by atoms with E-state index < -0.39 is 18.1 Å². The largest absolute Gasteiger partial charge is 0.462 e. The van der Waals surface area contributed by atoms with Gasteiger partial charge < -0.3 is 9.47 Å². The maximum atomic E-state index is 12.9. The van der Waals surface area contributed by atoms with E-state index in [0.717, 1.165) is 11.1 Å². The summed E-state index contributed by atoms with van der Waals surface area (Å²) in [5.41, 5.74) is 2.09. The number of hydrogen-bond donors (Lipinski definition) is 0. The van der Waals surface area contributed by atoms with Gasteiger partial charge in [-0.15, -0.1) is 0 Å². The van der Waals surface area contributed by atoms with Crippen LogP contribution in [0.3, 0.4) is 0 Å². The number of carbonyl (C=O) groups excluding carboxylic acids is 2. The zero-order chi connectivity index (χ0) is 20.5. The third kappa shape index (κ3) is 5.35. The zero-order valence-corrected chi connectivity index (χ0v) is 17.1. The van der Waals surface area contributed by atoms with Crippen molar-refractivity contribution in [3.05, 3.63) is 71.3 Å². The maximum absolute atomic E-state index is 12.9. The fourth-order valence-corrected chi connectivity index (χ4v) is 3.18. The molecule has 5 heteroatoms. The van der Waals surface area contributed by atoms with Crippen LogP contribution in [0.4, 0.5) is 4.79 Å². The number of esters is 1. The van der Waals surface area contributed by atoms with E-state index in [2.05, 4.69) is 0 Å². The number of carbonyl (C=O) groups is 2. The molecule has 1 unspecified atom stereocenters. The van der Waals surface area contributed by atoms with Gasteiger partial charge in [0.2, 0.25) is 0 Å². The lowest BCUT2D eigenvalue weighted by atomic mass is 9.92. The van der Waals surface area contributed by atoms with Crippen LogP contribution in [0.5, 0.6) is 0 Å². The minimum atomic E-state index is -0.455. The molecule has 1 amide bonds. The van der Waals surface area contributed by atoms with E-state index in [9.17, 15) is 9.59 Å². The molecule has 0 radical (unpaired) electrons. The highest BCUT2D eigenvalue weighted by Crippen LogP contribution is 2.32. The Kier molecular flexibility index (Phi) is 8.05. The number of ether oxygens (including phenoxy) is 2. The average molecular weight is 383 g/mol. The molecule has 0 saturated heterocycles. The van der Waals surface area contributed by atoms with E-state index in [-0.39, 0.29) is 19.1 Å². The molecule has 2 aromatic carbocycles. The Morgan fingerprint density at radius 2 is 1.50 bits per heavy atom. The zero-order valence-electron chi connectivity index (χ0n) is 17.1. The van der Waals surface area contributed by atoms with Gasteiger partial charge in [-0.2, -0.15) is 0 Å². The summed E-state index contributed by atoms with van der Waals surface area (Å²) in [6, 6.07) is 16.5. The highest BCUT2D eigenvalue weighted by molar-refractivity contribution is 5.91. The van der Waals surface area contributed by atoms with E-state index in [1.165, 1.54) is 0 Å². The minimum absolute atomic E-state index is 0.227. The molecule has 0 bridgehead atoms. The van der Waals surface area contributed by atoms with Crippen molar-refractivity contribution >= 4 is 12.1 Å². The van der Waals surface area contributed by atoms with Gasteiger partial charge in [0.25, 0.3) is 0 Å². The fraction of sp³-hybridized carbons (Fsp3) is 0.391. The van der Waals surface area contributed by atoms with Crippen molar-refractivity contribution < 1.29 is 19.1 Å². The predicted molar refractivity (Wildman–Crippen MR) is 109 cm³/mol. The summed E-state index contributed by atoms with van der Waals surface area (Å²) in [5, 5.41) is 0. The van der Waals surface area contributed by atoms with Crippen LogP contribution < -0.4 is 0 Å². The maximum Gasteiger partial charge on any atom is 0.410 e. The second-order valence-electron chi connectivity index (χ2n) is 6.87. The molecule has 1 atom stereocenters. The molecule has 0 saturated carbocycles. The molecule has 0 aliphatic rings. The van der Waals surface area contributed by atoms with Gasteiger partial charge >= 0.3 is 12.1 Å². The van der Waals surface area contributed by atoms with Crippen LogP contribution in [0.15, 0.2) is 54.6 Å². The monoisotopic (exact) mass is 383 g/mol. The number of hydrogen-bond acceptors (Lipinski definition) is 4. The van der Waals surface area contributed by atoms with E-state index in [4.69, 9.17) is 9.47 Å². The highest BCUT2D eigenvalue weighted by Gasteiger charge is 2.31. The van der Waals surface area contributed by atoms with Gasteiger partial charge in [0.1, 0.15) is 0 Å². The number of benzene rings is 2. The molecule has 150 valence electrons. The molecule has 2 aromatic rings. The summed E-state index contributed by atoms with van der Waals surface area (Å²) in [5.74, 6) is -0.169. The first-order valence-corrected chi connectivity index (χ1v) is 9.73. The molecule has 28 heavy (non-hydrogen) atoms. The Bertz CT molecular complexity index is 773. The first kappa shape index (κ1) is 21.5. The fourth-order valence-electron chi connectivity index (χ4n) is 3.18. The second-order valence-corrected chi connectivity index (χ2v) is 6.87. The molecular weight excluding hydrogens is 354 g/mol. The van der Waals surface area contributed by atoms with E-state index in [1.54, 1.807) is 30.9 Å². The van der Waals surface area contributed by atoms with Crippen LogP contribution >= 0.6 is 0 Å². The summed E-state index contributed by atoms with van der Waals surface area (Å²) < 4.78 is 10.6. The quantitative estimate of drug-likeness (QED) is 0.598. The predicted octanol–water partition coefficient (Wildman–Crippen LogP) is 5.07. The number of nitrogens with zero attached hydrogens (tertiary/aromatic N) is 1. The van der Waals surface area contributed by atoms with Crippen molar-refractivity contribution in [1.29, 1.82) is 0 Å². The van der Waals surface area contributed by atoms with Gasteiger partial charge in [0.05, 0.1) is 24.8 Å². The molecule has 0 N–H and O–H groups in total. The van der Waals surface area contributed by atoms with Gasteiger partial charge in [-0.3, -0.25) is 4.90 Å². The summed E-state index contributed by atoms with van der Waals surface area (Å²) in [7, 11) is 0. The van der Waals surface area contributed by atoms with Crippen molar-refractivity contribution in [2.45, 2.75) is 33.7 Å². The Labute approximate surface area is 167 Å². The third-order valence-electron chi connectivity index (χ3n) is 4.24. The van der Waals surface area contributed by atoms with Gasteiger partial charge in [-0.25, -0.2) is 9.59 Å². The lowest BCUT2D eigenvalue weighted by molar-refractivity contribution is 0.0519. The summed E-state index contributed by atoms with van der Waals surface area (Å²) in [4.78, 5) is 27.1. The Hall–Kier alpha value is -2.82. The van der Waals surface area contributed by atoms with Crippen LogP contribution in [0, 0.1) is 5.92 Å². The number of amides is 1. The molecule has 0 aromatic heterocycles. The smallest absolute Gasteiger partial charge is 0.410 e. The molecule has 0 fully saturated rings. The molecule has 0 aliphatic carbocycles. The lowest BCUT2D eigenvalue weighted by Crippen LogP contribution is -2.39. The van der Waals surface area contributed by atoms with Gasteiger partial charge in [-0.05, 0) is 37.0 Å². The third-order valence-corrected chi connectivity index (χ3v) is 4.24. The first-order chi connectivity index (χ1) is 13.5. The molecule has 0 heterocycles. The van der Waals surface area contributed by atoms with Crippen LogP contribution in [0.1, 0.15) is 55.2 Å². The minimum Gasteiger partial charge on any atom is -0.462 e. The summed E-state index contributed by atoms with van der Waals surface area (Å²) in [6.45, 7) is 8.73. The molecule has 5 nitrogen and oxygen atoms in total. The standard InChI is InChI=1S/C23H29NO4/c1-5-27-22(25)20-15-11-10-14-19(20)21(18-12-8-7-9-13-18)24(16-17(3)4)23(26)28-6-2/h7-15,17,21H,5-6,16H2,1-4H3. The topological polar surface area (TPSA) is 55.8 Å². The first-order valence-electron chi connectivity index (χ1n) is 9.73. The molecule has 0 aliphatic heterocycles. The number of rotatable bonds is 8. The van der Waals surface area contributed by atoms with Gasteiger partial charge in [0, 0.05) is 6.54 Å². The Morgan fingerprint density at radius 1 is 0.893 bits per heavy atom. The van der Waals surface area contributed by atoms with Crippen LogP contribution in [0.2, 0.25) is 0 Å². The highest BCUT2D eigenvalue weighted by atomic mass is 16.6. The van der Waals surface area contributed by atoms with E-state index in [0.29, 0.717) is 12.1 Å². The van der Waals surface area contributed by atoms with Crippen molar-refractivity contribution in [3.8, 4) is 0 Å². The van der Waals surface area contributed by atoms with Crippen molar-refractivity contribution in [2.24, 2.45) is 5.92 Å². The summed E-state index contributed by atoms with van der Waals surface area (Å²) in [6.07, 6.45) is -0.399. The normalized spacial score (nSPS) is 11.8. The SMILES string of the molecule is CCOC(=O)c1ccccc1C(c1ccccc1)N(CC(C)C)C(=O)OCC. The van der Waals surface area contributed by atoms with Crippen LogP contribution in [0.25, 0.3) is 0 Å². The van der Waals surface area contributed by atoms with Crippen molar-refractivity contribution in [2.75, 3.05) is 19.8 Å². The lowest BCUT2D eigenvalue weighted by Gasteiger charge is -2.33. The summed E-state index contributed by atoms with van der Waals surface area (Å²) >= 11 is 0. The van der Waals surface area contributed by atoms with Crippen LogP contribution in [-0.2, 0) is 9.47 Å². The van der Waals surface area contributed by atoms with Gasteiger partial charge in [-0.1, -0.05) is 62.4 Å². The molecule has 2 rings (SSSR count). The second kappa shape index (κ2) is 10.5. The van der Waals surface area contributed by atoms with Crippen molar-refractivity contribution in [3.63, 3.8) is 0 Å².